The predicted molar refractivity (Wildman–Crippen MR) is 101 cm³/mol. The molecule has 27 heavy (non-hydrogen) atoms. The summed E-state index contributed by atoms with van der Waals surface area (Å²) in [6.45, 7) is 5.14. The lowest BCUT2D eigenvalue weighted by atomic mass is 9.96. The van der Waals surface area contributed by atoms with Crippen LogP contribution in [-0.2, 0) is 16.0 Å². The molecule has 0 bridgehead atoms. The Labute approximate surface area is 159 Å². The summed E-state index contributed by atoms with van der Waals surface area (Å²) in [7, 11) is 0. The second-order valence-corrected chi connectivity index (χ2v) is 6.77. The highest BCUT2D eigenvalue weighted by atomic mass is 16.5. The Morgan fingerprint density at radius 1 is 1.19 bits per heavy atom. The third kappa shape index (κ3) is 4.70. The topological polar surface area (TPSA) is 72.4 Å². The number of ether oxygens (including phenoxy) is 1. The molecule has 1 amide bonds. The fourth-order valence-corrected chi connectivity index (χ4v) is 3.34. The highest BCUT2D eigenvalue weighted by Gasteiger charge is 2.29. The first-order valence-corrected chi connectivity index (χ1v) is 9.40. The van der Waals surface area contributed by atoms with Crippen LogP contribution in [0.25, 0.3) is 0 Å². The quantitative estimate of drug-likeness (QED) is 0.760. The van der Waals surface area contributed by atoms with Crippen molar-refractivity contribution < 1.29 is 14.3 Å². The minimum atomic E-state index is -0.158. The monoisotopic (exact) mass is 367 g/mol. The molecule has 1 aliphatic heterocycles. The lowest BCUT2D eigenvalue weighted by Gasteiger charge is -2.31. The second-order valence-electron chi connectivity index (χ2n) is 6.77. The van der Waals surface area contributed by atoms with Crippen LogP contribution in [0.15, 0.2) is 36.5 Å². The Hall–Kier alpha value is -2.76. The van der Waals surface area contributed by atoms with Gasteiger partial charge >= 0.3 is 5.97 Å². The SMILES string of the molecule is CCOC(=O)C1CCN(C(=O)c2cnc(Cc3ccccc3)nc2C)CC1. The van der Waals surface area contributed by atoms with Crippen LogP contribution in [0, 0.1) is 12.8 Å². The molecule has 2 aromatic rings. The van der Waals surface area contributed by atoms with Crippen LogP contribution in [0.4, 0.5) is 0 Å². The van der Waals surface area contributed by atoms with Gasteiger partial charge in [-0.25, -0.2) is 9.97 Å². The number of carbonyl (C=O) groups is 2. The van der Waals surface area contributed by atoms with E-state index in [4.69, 9.17) is 4.74 Å². The van der Waals surface area contributed by atoms with Crippen molar-refractivity contribution in [1.29, 1.82) is 0 Å². The molecule has 0 aliphatic carbocycles. The van der Waals surface area contributed by atoms with Crippen molar-refractivity contribution in [3.63, 3.8) is 0 Å². The van der Waals surface area contributed by atoms with E-state index in [1.807, 2.05) is 37.3 Å². The summed E-state index contributed by atoms with van der Waals surface area (Å²) in [4.78, 5) is 35.3. The minimum Gasteiger partial charge on any atom is -0.466 e. The van der Waals surface area contributed by atoms with Crippen molar-refractivity contribution in [2.75, 3.05) is 19.7 Å². The van der Waals surface area contributed by atoms with Crippen molar-refractivity contribution in [3.8, 4) is 0 Å². The first-order chi connectivity index (χ1) is 13.1. The van der Waals surface area contributed by atoms with E-state index in [1.165, 1.54) is 0 Å². The number of esters is 1. The van der Waals surface area contributed by atoms with Gasteiger partial charge in [0.15, 0.2) is 0 Å². The van der Waals surface area contributed by atoms with Gasteiger partial charge in [-0.2, -0.15) is 0 Å². The molecule has 0 unspecified atom stereocenters. The highest BCUT2D eigenvalue weighted by molar-refractivity contribution is 5.95. The van der Waals surface area contributed by atoms with E-state index in [-0.39, 0.29) is 17.8 Å². The maximum Gasteiger partial charge on any atom is 0.309 e. The summed E-state index contributed by atoms with van der Waals surface area (Å²) < 4.78 is 5.08. The lowest BCUT2D eigenvalue weighted by molar-refractivity contribution is -0.149. The van der Waals surface area contributed by atoms with E-state index < -0.39 is 0 Å². The van der Waals surface area contributed by atoms with E-state index in [0.29, 0.717) is 56.0 Å². The molecule has 1 aromatic carbocycles. The van der Waals surface area contributed by atoms with E-state index in [0.717, 1.165) is 5.56 Å². The number of aromatic nitrogens is 2. The second kappa shape index (κ2) is 8.75. The molecule has 0 radical (unpaired) electrons. The number of hydrogen-bond acceptors (Lipinski definition) is 5. The largest absolute Gasteiger partial charge is 0.466 e. The van der Waals surface area contributed by atoms with Gasteiger partial charge in [-0.3, -0.25) is 9.59 Å². The first kappa shape index (κ1) is 19.0. The van der Waals surface area contributed by atoms with Gasteiger partial charge in [0, 0.05) is 25.7 Å². The van der Waals surface area contributed by atoms with Gasteiger partial charge in [0.1, 0.15) is 5.82 Å². The van der Waals surface area contributed by atoms with Crippen LogP contribution in [0.3, 0.4) is 0 Å². The molecule has 3 rings (SSSR count). The van der Waals surface area contributed by atoms with Gasteiger partial charge in [-0.1, -0.05) is 30.3 Å². The van der Waals surface area contributed by atoms with Crippen molar-refractivity contribution in [2.24, 2.45) is 5.92 Å². The normalized spacial score (nSPS) is 14.8. The van der Waals surface area contributed by atoms with Crippen LogP contribution in [0.2, 0.25) is 0 Å². The molecule has 6 heteroatoms. The summed E-state index contributed by atoms with van der Waals surface area (Å²) in [5.74, 6) is 0.367. The number of piperidine rings is 1. The molecule has 0 atom stereocenters. The standard InChI is InChI=1S/C21H25N3O3/c1-3-27-21(26)17-9-11-24(12-10-17)20(25)18-14-22-19(23-15(18)2)13-16-7-5-4-6-8-16/h4-8,14,17H,3,9-13H2,1-2H3. The van der Waals surface area contributed by atoms with Crippen LogP contribution in [-0.4, -0.2) is 46.4 Å². The average Bonchev–Trinajstić information content (AvgIpc) is 2.69. The van der Waals surface area contributed by atoms with Gasteiger partial charge < -0.3 is 9.64 Å². The first-order valence-electron chi connectivity index (χ1n) is 9.40. The van der Waals surface area contributed by atoms with Gasteiger partial charge in [-0.15, -0.1) is 0 Å². The Kier molecular flexibility index (Phi) is 6.16. The molecule has 6 nitrogen and oxygen atoms in total. The number of benzene rings is 1. The smallest absolute Gasteiger partial charge is 0.309 e. The minimum absolute atomic E-state index is 0.0685. The molecule has 2 heterocycles. The van der Waals surface area contributed by atoms with E-state index in [1.54, 1.807) is 18.0 Å². The number of aryl methyl sites for hydroxylation is 1. The molecule has 0 spiro atoms. The maximum absolute atomic E-state index is 12.8. The van der Waals surface area contributed by atoms with E-state index >= 15 is 0 Å². The molecular weight excluding hydrogens is 342 g/mol. The summed E-state index contributed by atoms with van der Waals surface area (Å²) in [5, 5.41) is 0. The van der Waals surface area contributed by atoms with Crippen LogP contribution < -0.4 is 0 Å². The molecule has 0 saturated carbocycles. The third-order valence-corrected chi connectivity index (χ3v) is 4.87. The average molecular weight is 367 g/mol. The molecule has 0 N–H and O–H groups in total. The zero-order valence-corrected chi connectivity index (χ0v) is 15.9. The van der Waals surface area contributed by atoms with Gasteiger partial charge in [0.2, 0.25) is 0 Å². The Morgan fingerprint density at radius 2 is 1.89 bits per heavy atom. The zero-order chi connectivity index (χ0) is 19.2. The van der Waals surface area contributed by atoms with Crippen LogP contribution in [0.5, 0.6) is 0 Å². The Balaban J connectivity index is 1.63. The van der Waals surface area contributed by atoms with Crippen molar-refractivity contribution in [1.82, 2.24) is 14.9 Å². The molecule has 142 valence electrons. The maximum atomic E-state index is 12.8. The molecular formula is C21H25N3O3. The number of hydrogen-bond donors (Lipinski definition) is 0. The predicted octanol–water partition coefficient (Wildman–Crippen LogP) is 2.79. The number of rotatable bonds is 5. The van der Waals surface area contributed by atoms with E-state index in [9.17, 15) is 9.59 Å². The van der Waals surface area contributed by atoms with Crippen molar-refractivity contribution in [3.05, 3.63) is 59.2 Å². The molecule has 1 fully saturated rings. The highest BCUT2D eigenvalue weighted by Crippen LogP contribution is 2.21. The zero-order valence-electron chi connectivity index (χ0n) is 15.9. The Bertz CT molecular complexity index is 800. The van der Waals surface area contributed by atoms with Crippen molar-refractivity contribution in [2.45, 2.75) is 33.1 Å². The number of likely N-dealkylation sites (tertiary alicyclic amines) is 1. The van der Waals surface area contributed by atoms with Crippen molar-refractivity contribution >= 4 is 11.9 Å². The molecule has 1 saturated heterocycles. The Morgan fingerprint density at radius 3 is 2.52 bits per heavy atom. The summed E-state index contributed by atoms with van der Waals surface area (Å²) in [5.41, 5.74) is 2.35. The van der Waals surface area contributed by atoms with Gasteiger partial charge in [0.25, 0.3) is 5.91 Å². The van der Waals surface area contributed by atoms with Gasteiger partial charge in [-0.05, 0) is 32.3 Å². The summed E-state index contributed by atoms with van der Waals surface area (Å²) in [6, 6.07) is 10.0. The number of carbonyl (C=O) groups excluding carboxylic acids is 2. The number of nitrogens with zero attached hydrogens (tertiary/aromatic N) is 3. The lowest BCUT2D eigenvalue weighted by Crippen LogP contribution is -2.41. The molecule has 1 aliphatic rings. The van der Waals surface area contributed by atoms with Crippen LogP contribution in [0.1, 0.15) is 47.2 Å². The number of amides is 1. The fraction of sp³-hybridized carbons (Fsp3) is 0.429. The summed E-state index contributed by atoms with van der Waals surface area (Å²) in [6.07, 6.45) is 3.54. The van der Waals surface area contributed by atoms with E-state index in [2.05, 4.69) is 9.97 Å². The molecule has 1 aromatic heterocycles. The van der Waals surface area contributed by atoms with Crippen LogP contribution >= 0.6 is 0 Å². The van der Waals surface area contributed by atoms with Gasteiger partial charge in [0.05, 0.1) is 23.8 Å². The fourth-order valence-electron chi connectivity index (χ4n) is 3.34. The third-order valence-electron chi connectivity index (χ3n) is 4.87. The summed E-state index contributed by atoms with van der Waals surface area (Å²) >= 11 is 0.